The van der Waals surface area contributed by atoms with E-state index in [0.717, 1.165) is 24.4 Å². The number of H-pyrrole nitrogens is 1. The van der Waals surface area contributed by atoms with Crippen molar-refractivity contribution < 1.29 is 4.79 Å². The molecule has 1 saturated heterocycles. The number of carbonyl (C=O) groups excluding carboxylic acids is 1. The van der Waals surface area contributed by atoms with Gasteiger partial charge >= 0.3 is 5.69 Å². The molecule has 0 unspecified atom stereocenters. The summed E-state index contributed by atoms with van der Waals surface area (Å²) in [5, 5.41) is 10.9. The highest BCUT2D eigenvalue weighted by molar-refractivity contribution is 5.94. The van der Waals surface area contributed by atoms with Crippen molar-refractivity contribution in [1.82, 2.24) is 29.4 Å². The molecule has 3 heterocycles. The van der Waals surface area contributed by atoms with Crippen LogP contribution in [0, 0.1) is 0 Å². The van der Waals surface area contributed by atoms with Gasteiger partial charge in [-0.2, -0.15) is 10.2 Å². The lowest BCUT2D eigenvalue weighted by Crippen LogP contribution is -2.38. The average molecular weight is 366 g/mol. The van der Waals surface area contributed by atoms with Crippen LogP contribution in [0.25, 0.3) is 5.69 Å². The van der Waals surface area contributed by atoms with Crippen molar-refractivity contribution in [2.75, 3.05) is 13.1 Å². The van der Waals surface area contributed by atoms with Gasteiger partial charge in [-0.05, 0) is 50.1 Å². The zero-order valence-electron chi connectivity index (χ0n) is 15.2. The van der Waals surface area contributed by atoms with E-state index in [-0.39, 0.29) is 17.5 Å². The van der Waals surface area contributed by atoms with Gasteiger partial charge in [-0.1, -0.05) is 0 Å². The largest absolute Gasteiger partial charge is 0.343 e. The van der Waals surface area contributed by atoms with Crippen LogP contribution in [-0.4, -0.2) is 48.4 Å². The van der Waals surface area contributed by atoms with Crippen molar-refractivity contribution in [2.24, 2.45) is 0 Å². The summed E-state index contributed by atoms with van der Waals surface area (Å²) >= 11 is 0. The second-order valence-corrected chi connectivity index (χ2v) is 6.70. The summed E-state index contributed by atoms with van der Waals surface area (Å²) in [6.45, 7) is 3.86. The van der Waals surface area contributed by atoms with Crippen LogP contribution in [0.1, 0.15) is 41.9 Å². The molecule has 1 amide bonds. The van der Waals surface area contributed by atoms with Gasteiger partial charge in [0.25, 0.3) is 5.91 Å². The molecule has 0 spiro atoms. The monoisotopic (exact) mass is 366 g/mol. The standard InChI is InChI=1S/C19H22N6O2/c1-2-24-17(21-22-19(24)27)14-8-12-23(13-9-14)18(26)15-4-6-16(7-5-15)25-11-3-10-20-25/h3-7,10-11,14H,2,8-9,12-13H2,1H3,(H,22,27). The van der Waals surface area contributed by atoms with E-state index in [1.54, 1.807) is 15.4 Å². The minimum Gasteiger partial charge on any atom is -0.339 e. The van der Waals surface area contributed by atoms with Crippen molar-refractivity contribution in [3.63, 3.8) is 0 Å². The number of rotatable bonds is 4. The van der Waals surface area contributed by atoms with Gasteiger partial charge < -0.3 is 4.90 Å². The first-order valence-electron chi connectivity index (χ1n) is 9.22. The van der Waals surface area contributed by atoms with E-state index >= 15 is 0 Å². The fourth-order valence-corrected chi connectivity index (χ4v) is 3.65. The number of nitrogens with one attached hydrogen (secondary N) is 1. The first-order chi connectivity index (χ1) is 13.2. The molecule has 0 saturated carbocycles. The van der Waals surface area contributed by atoms with E-state index in [2.05, 4.69) is 15.3 Å². The van der Waals surface area contributed by atoms with E-state index in [1.165, 1.54) is 0 Å². The predicted molar refractivity (Wildman–Crippen MR) is 100.0 cm³/mol. The zero-order valence-corrected chi connectivity index (χ0v) is 15.2. The number of aromatic nitrogens is 5. The van der Waals surface area contributed by atoms with Gasteiger partial charge in [0.15, 0.2) is 0 Å². The van der Waals surface area contributed by atoms with E-state index in [1.807, 2.05) is 48.4 Å². The third-order valence-electron chi connectivity index (χ3n) is 5.13. The number of likely N-dealkylation sites (tertiary alicyclic amines) is 1. The maximum atomic E-state index is 12.8. The van der Waals surface area contributed by atoms with Crippen LogP contribution in [0.5, 0.6) is 0 Å². The van der Waals surface area contributed by atoms with Crippen LogP contribution in [0.15, 0.2) is 47.5 Å². The molecule has 2 aromatic heterocycles. The number of benzene rings is 1. The normalized spacial score (nSPS) is 15.2. The van der Waals surface area contributed by atoms with E-state index < -0.39 is 0 Å². The molecule has 3 aromatic rings. The average Bonchev–Trinajstić information content (AvgIpc) is 3.37. The van der Waals surface area contributed by atoms with E-state index in [0.29, 0.717) is 25.2 Å². The zero-order chi connectivity index (χ0) is 18.8. The molecule has 140 valence electrons. The molecule has 1 aliphatic heterocycles. The third kappa shape index (κ3) is 3.30. The van der Waals surface area contributed by atoms with Gasteiger partial charge in [-0.15, -0.1) is 0 Å². The lowest BCUT2D eigenvalue weighted by molar-refractivity contribution is 0.0710. The molecule has 1 aliphatic rings. The second kappa shape index (κ2) is 7.22. The number of hydrogen-bond donors (Lipinski definition) is 1. The highest BCUT2D eigenvalue weighted by atomic mass is 16.2. The lowest BCUT2D eigenvalue weighted by Gasteiger charge is -2.31. The SMILES string of the molecule is CCn1c(C2CCN(C(=O)c3ccc(-n4cccn4)cc3)CC2)n[nH]c1=O. The Morgan fingerprint density at radius 1 is 1.22 bits per heavy atom. The fourth-order valence-electron chi connectivity index (χ4n) is 3.65. The van der Waals surface area contributed by atoms with Crippen LogP contribution < -0.4 is 5.69 Å². The van der Waals surface area contributed by atoms with E-state index in [9.17, 15) is 9.59 Å². The van der Waals surface area contributed by atoms with Crippen LogP contribution in [-0.2, 0) is 6.54 Å². The number of piperidine rings is 1. The molecule has 27 heavy (non-hydrogen) atoms. The Morgan fingerprint density at radius 3 is 2.59 bits per heavy atom. The number of nitrogens with zero attached hydrogens (tertiary/aromatic N) is 5. The van der Waals surface area contributed by atoms with E-state index in [4.69, 9.17) is 0 Å². The molecular weight excluding hydrogens is 344 g/mol. The minimum atomic E-state index is -0.164. The van der Waals surface area contributed by atoms with Crippen molar-refractivity contribution in [1.29, 1.82) is 0 Å². The highest BCUT2D eigenvalue weighted by Crippen LogP contribution is 2.26. The summed E-state index contributed by atoms with van der Waals surface area (Å²) in [5.41, 5.74) is 1.43. The Morgan fingerprint density at radius 2 is 1.96 bits per heavy atom. The highest BCUT2D eigenvalue weighted by Gasteiger charge is 2.27. The summed E-state index contributed by atoms with van der Waals surface area (Å²) in [7, 11) is 0. The molecule has 1 N–H and O–H groups in total. The smallest absolute Gasteiger partial charge is 0.339 e. The lowest BCUT2D eigenvalue weighted by atomic mass is 9.95. The molecule has 1 aromatic carbocycles. The molecule has 0 radical (unpaired) electrons. The number of amides is 1. The Labute approximate surface area is 156 Å². The first kappa shape index (κ1) is 17.3. The molecule has 8 nitrogen and oxygen atoms in total. The summed E-state index contributed by atoms with van der Waals surface area (Å²) in [4.78, 5) is 26.4. The van der Waals surface area contributed by atoms with Crippen molar-refractivity contribution >= 4 is 5.91 Å². The summed E-state index contributed by atoms with van der Waals surface area (Å²) < 4.78 is 3.44. The topological polar surface area (TPSA) is 88.8 Å². The Hall–Kier alpha value is -3.16. The molecule has 1 fully saturated rings. The third-order valence-corrected chi connectivity index (χ3v) is 5.13. The quantitative estimate of drug-likeness (QED) is 0.762. The number of carbonyl (C=O) groups is 1. The molecule has 0 aliphatic carbocycles. The van der Waals surface area contributed by atoms with Crippen molar-refractivity contribution in [3.8, 4) is 5.69 Å². The van der Waals surface area contributed by atoms with Gasteiger partial charge in [0.1, 0.15) is 5.82 Å². The molecular formula is C19H22N6O2. The van der Waals surface area contributed by atoms with Crippen LogP contribution in [0.3, 0.4) is 0 Å². The van der Waals surface area contributed by atoms with Crippen molar-refractivity contribution in [2.45, 2.75) is 32.2 Å². The molecule has 0 bridgehead atoms. The Balaban J connectivity index is 1.42. The van der Waals surface area contributed by atoms with Gasteiger partial charge in [0.2, 0.25) is 0 Å². The van der Waals surface area contributed by atoms with Gasteiger partial charge in [0, 0.05) is 43.5 Å². The first-order valence-corrected chi connectivity index (χ1v) is 9.22. The fraction of sp³-hybridized carbons (Fsp3) is 0.368. The molecule has 8 heteroatoms. The van der Waals surface area contributed by atoms with Gasteiger partial charge in [-0.3, -0.25) is 9.36 Å². The van der Waals surface area contributed by atoms with Gasteiger partial charge in [0.05, 0.1) is 5.69 Å². The van der Waals surface area contributed by atoms with Crippen LogP contribution in [0.2, 0.25) is 0 Å². The van der Waals surface area contributed by atoms with Crippen molar-refractivity contribution in [3.05, 3.63) is 64.6 Å². The number of aromatic amines is 1. The minimum absolute atomic E-state index is 0.0374. The maximum absolute atomic E-state index is 12.8. The number of hydrogen-bond acceptors (Lipinski definition) is 4. The second-order valence-electron chi connectivity index (χ2n) is 6.70. The summed E-state index contributed by atoms with van der Waals surface area (Å²) in [5.74, 6) is 1.05. The van der Waals surface area contributed by atoms with Crippen LogP contribution >= 0.6 is 0 Å². The predicted octanol–water partition coefficient (Wildman–Crippen LogP) is 1.80. The Kier molecular flexibility index (Phi) is 4.62. The summed E-state index contributed by atoms with van der Waals surface area (Å²) in [6.07, 6.45) is 5.20. The molecule has 4 rings (SSSR count). The summed E-state index contributed by atoms with van der Waals surface area (Å²) in [6, 6.07) is 9.34. The van der Waals surface area contributed by atoms with Gasteiger partial charge in [-0.25, -0.2) is 14.6 Å². The molecule has 0 atom stereocenters. The van der Waals surface area contributed by atoms with Crippen LogP contribution in [0.4, 0.5) is 0 Å². The maximum Gasteiger partial charge on any atom is 0.343 e. The Bertz CT molecular complexity index is 963.